The maximum atomic E-state index is 11.9. The first-order chi connectivity index (χ1) is 8.87. The number of hydrogen-bond acceptors (Lipinski definition) is 5. The van der Waals surface area contributed by atoms with Gasteiger partial charge in [-0.3, -0.25) is 0 Å². The van der Waals surface area contributed by atoms with E-state index in [4.69, 9.17) is 15.4 Å². The van der Waals surface area contributed by atoms with E-state index in [1.54, 1.807) is 0 Å². The number of benzene rings is 1. The van der Waals surface area contributed by atoms with Gasteiger partial charge in [-0.2, -0.15) is 0 Å². The lowest BCUT2D eigenvalue weighted by Gasteiger charge is -2.10. The van der Waals surface area contributed by atoms with E-state index in [2.05, 4.69) is 10.0 Å². The van der Waals surface area contributed by atoms with Gasteiger partial charge in [0.25, 0.3) is 0 Å². The van der Waals surface area contributed by atoms with E-state index in [1.165, 1.54) is 14.0 Å². The van der Waals surface area contributed by atoms with E-state index in [1.807, 2.05) is 0 Å². The van der Waals surface area contributed by atoms with Gasteiger partial charge in [-0.15, -0.1) is 0 Å². The van der Waals surface area contributed by atoms with Gasteiger partial charge >= 0.3 is 5.97 Å². The minimum atomic E-state index is -3.72. The van der Waals surface area contributed by atoms with Crippen LogP contribution in [0.25, 0.3) is 10.4 Å². The van der Waals surface area contributed by atoms with Crippen LogP contribution < -0.4 is 4.74 Å². The molecule has 0 amide bonds. The molecule has 1 aromatic carbocycles. The Kier molecular flexibility index (Phi) is 4.36. The van der Waals surface area contributed by atoms with Gasteiger partial charge in [-0.05, 0) is 17.7 Å². The van der Waals surface area contributed by atoms with Crippen molar-refractivity contribution in [1.29, 1.82) is 0 Å². The number of ether oxygens (including phenoxy) is 1. The highest BCUT2D eigenvalue weighted by atomic mass is 32.2. The number of methoxy groups -OCH3 is 1. The molecule has 0 aliphatic carbocycles. The van der Waals surface area contributed by atoms with Crippen molar-refractivity contribution in [3.8, 4) is 5.75 Å². The molecule has 0 fully saturated rings. The molecule has 0 aliphatic rings. The molecule has 0 unspecified atom stereocenters. The van der Waals surface area contributed by atoms with Crippen LogP contribution in [0.3, 0.4) is 0 Å². The molecule has 0 heterocycles. The lowest BCUT2D eigenvalue weighted by molar-refractivity contribution is 0.0693. The molecule has 0 radical (unpaired) electrons. The minimum absolute atomic E-state index is 0.0787. The van der Waals surface area contributed by atoms with E-state index >= 15 is 0 Å². The zero-order valence-electron chi connectivity index (χ0n) is 10.2. The second-order valence-corrected chi connectivity index (χ2v) is 5.66. The molecule has 1 aromatic rings. The maximum Gasteiger partial charge on any atom is 0.339 e. The van der Waals surface area contributed by atoms with Gasteiger partial charge in [0.15, 0.2) is 9.84 Å². The topological polar surface area (TPSA) is 129 Å². The number of hydrogen-bond donors (Lipinski definition) is 1. The van der Waals surface area contributed by atoms with Gasteiger partial charge in [0, 0.05) is 4.91 Å². The van der Waals surface area contributed by atoms with Crippen LogP contribution in [0.5, 0.6) is 5.75 Å². The van der Waals surface area contributed by atoms with Crippen LogP contribution >= 0.6 is 0 Å². The number of rotatable bonds is 5. The molecule has 0 saturated carbocycles. The summed E-state index contributed by atoms with van der Waals surface area (Å²) in [6.45, 7) is 1.40. The first-order valence-corrected chi connectivity index (χ1v) is 6.75. The molecule has 0 aromatic heterocycles. The average Bonchev–Trinajstić information content (AvgIpc) is 2.38. The molecule has 9 heteroatoms. The van der Waals surface area contributed by atoms with Crippen LogP contribution in [0.2, 0.25) is 0 Å². The van der Waals surface area contributed by atoms with Crippen LogP contribution in [-0.2, 0) is 9.84 Å². The van der Waals surface area contributed by atoms with E-state index in [0.717, 1.165) is 12.1 Å². The highest BCUT2D eigenvalue weighted by Crippen LogP contribution is 2.33. The Morgan fingerprint density at radius 3 is 2.58 bits per heavy atom. The molecule has 19 heavy (non-hydrogen) atoms. The van der Waals surface area contributed by atoms with Gasteiger partial charge in [-0.25, -0.2) is 13.2 Å². The first kappa shape index (κ1) is 14.8. The molecule has 0 aliphatic heterocycles. The maximum absolute atomic E-state index is 11.9. The van der Waals surface area contributed by atoms with Crippen LogP contribution in [0, 0.1) is 0 Å². The lowest BCUT2D eigenvalue weighted by atomic mass is 10.2. The Labute approximate surface area is 109 Å². The Morgan fingerprint density at radius 2 is 2.16 bits per heavy atom. The SMILES string of the molecule is CCS(=O)(=O)c1cc(C(=O)O)c(OC)cc1N=[N+]=[N-]. The summed E-state index contributed by atoms with van der Waals surface area (Å²) in [5.41, 5.74) is 7.93. The average molecular weight is 285 g/mol. The fourth-order valence-electron chi connectivity index (χ4n) is 1.42. The van der Waals surface area contributed by atoms with Crippen molar-refractivity contribution in [2.24, 2.45) is 5.11 Å². The monoisotopic (exact) mass is 285 g/mol. The Balaban J connectivity index is 3.74. The summed E-state index contributed by atoms with van der Waals surface area (Å²) in [5.74, 6) is -1.66. The van der Waals surface area contributed by atoms with Crippen LogP contribution in [0.15, 0.2) is 22.1 Å². The first-order valence-electron chi connectivity index (χ1n) is 5.10. The zero-order valence-corrected chi connectivity index (χ0v) is 11.0. The molecule has 0 saturated heterocycles. The molecular weight excluding hydrogens is 274 g/mol. The summed E-state index contributed by atoms with van der Waals surface area (Å²) >= 11 is 0. The van der Waals surface area contributed by atoms with Crippen molar-refractivity contribution in [2.45, 2.75) is 11.8 Å². The van der Waals surface area contributed by atoms with Crippen molar-refractivity contribution in [1.82, 2.24) is 0 Å². The molecule has 0 bridgehead atoms. The number of carboxylic acid groups (broad SMARTS) is 1. The number of azide groups is 1. The highest BCUT2D eigenvalue weighted by molar-refractivity contribution is 7.91. The number of aromatic carboxylic acids is 1. The number of nitrogens with zero attached hydrogens (tertiary/aromatic N) is 3. The van der Waals surface area contributed by atoms with Crippen molar-refractivity contribution in [3.05, 3.63) is 28.1 Å². The van der Waals surface area contributed by atoms with E-state index in [-0.39, 0.29) is 27.6 Å². The van der Waals surface area contributed by atoms with Crippen LogP contribution in [-0.4, -0.2) is 32.4 Å². The van der Waals surface area contributed by atoms with Gasteiger partial charge in [-0.1, -0.05) is 12.0 Å². The number of carbonyl (C=O) groups is 1. The quantitative estimate of drug-likeness (QED) is 0.503. The van der Waals surface area contributed by atoms with Gasteiger partial charge in [0.2, 0.25) is 0 Å². The van der Waals surface area contributed by atoms with Gasteiger partial charge < -0.3 is 9.84 Å². The molecule has 102 valence electrons. The van der Waals surface area contributed by atoms with Gasteiger partial charge in [0.1, 0.15) is 11.3 Å². The number of carboxylic acids is 1. The second-order valence-electron chi connectivity index (χ2n) is 3.42. The Morgan fingerprint density at radius 1 is 1.53 bits per heavy atom. The summed E-state index contributed by atoms with van der Waals surface area (Å²) in [5, 5.41) is 12.3. The summed E-state index contributed by atoms with van der Waals surface area (Å²) < 4.78 is 28.5. The predicted molar refractivity (Wildman–Crippen MR) is 66.5 cm³/mol. The Bertz CT molecular complexity index is 662. The lowest BCUT2D eigenvalue weighted by Crippen LogP contribution is -2.08. The summed E-state index contributed by atoms with van der Waals surface area (Å²) in [6.07, 6.45) is 0. The predicted octanol–water partition coefficient (Wildman–Crippen LogP) is 2.13. The molecule has 1 rings (SSSR count). The van der Waals surface area contributed by atoms with Crippen molar-refractivity contribution in [2.75, 3.05) is 12.9 Å². The van der Waals surface area contributed by atoms with Crippen molar-refractivity contribution < 1.29 is 23.1 Å². The van der Waals surface area contributed by atoms with E-state index in [9.17, 15) is 13.2 Å². The molecule has 0 atom stereocenters. The van der Waals surface area contributed by atoms with Gasteiger partial charge in [0.05, 0.1) is 23.4 Å². The summed E-state index contributed by atoms with van der Waals surface area (Å²) in [7, 11) is -2.48. The van der Waals surface area contributed by atoms with Crippen molar-refractivity contribution in [3.63, 3.8) is 0 Å². The van der Waals surface area contributed by atoms with Crippen LogP contribution in [0.4, 0.5) is 5.69 Å². The summed E-state index contributed by atoms with van der Waals surface area (Å²) in [4.78, 5) is 13.2. The third-order valence-corrected chi connectivity index (χ3v) is 4.14. The van der Waals surface area contributed by atoms with E-state index in [0.29, 0.717) is 0 Å². The minimum Gasteiger partial charge on any atom is -0.496 e. The third kappa shape index (κ3) is 2.95. The zero-order chi connectivity index (χ0) is 14.6. The third-order valence-electron chi connectivity index (χ3n) is 2.38. The normalized spacial score (nSPS) is 10.6. The number of sulfone groups is 1. The smallest absolute Gasteiger partial charge is 0.339 e. The molecular formula is C10H11N3O5S. The molecule has 1 N–H and O–H groups in total. The fourth-order valence-corrected chi connectivity index (χ4v) is 2.44. The standard InChI is InChI=1S/C10H11N3O5S/c1-3-19(16,17)9-4-6(10(14)15)8(18-2)5-7(9)12-13-11/h4-5H,3H2,1-2H3,(H,14,15). The second kappa shape index (κ2) is 5.59. The largest absolute Gasteiger partial charge is 0.496 e. The summed E-state index contributed by atoms with van der Waals surface area (Å²) in [6, 6.07) is 2.02. The van der Waals surface area contributed by atoms with E-state index < -0.39 is 15.8 Å². The van der Waals surface area contributed by atoms with Crippen molar-refractivity contribution >= 4 is 21.5 Å². The molecule has 8 nitrogen and oxygen atoms in total. The Hall–Kier alpha value is -2.25. The molecule has 0 spiro atoms. The fraction of sp³-hybridized carbons (Fsp3) is 0.300. The highest BCUT2D eigenvalue weighted by Gasteiger charge is 2.22. The van der Waals surface area contributed by atoms with Crippen LogP contribution in [0.1, 0.15) is 17.3 Å².